The number of rotatable bonds is 6. The molecule has 0 saturated carbocycles. The van der Waals surface area contributed by atoms with Crippen LogP contribution in [0.2, 0.25) is 0 Å². The third-order valence-electron chi connectivity index (χ3n) is 3.59. The summed E-state index contributed by atoms with van der Waals surface area (Å²) in [5.74, 6) is 0.512. The van der Waals surface area contributed by atoms with Crippen LogP contribution >= 0.6 is 15.9 Å². The Morgan fingerprint density at radius 3 is 2.58 bits per heavy atom. The number of halogens is 1. The standard InChI is InChI=1S/C16H13BrN4O4S/c17-14-10-13(21(22)23)6-7-15(14)26(24,25)19-11-16-18-8-9-20(16)12-4-2-1-3-5-12/h1-10,19H,11H2. The van der Waals surface area contributed by atoms with Crippen molar-refractivity contribution < 1.29 is 13.3 Å². The zero-order valence-electron chi connectivity index (χ0n) is 13.2. The third-order valence-corrected chi connectivity index (χ3v) is 5.97. The van der Waals surface area contributed by atoms with Crippen molar-refractivity contribution in [2.24, 2.45) is 0 Å². The number of nitro groups is 1. The van der Waals surface area contributed by atoms with Crippen molar-refractivity contribution in [3.8, 4) is 5.69 Å². The average molecular weight is 437 g/mol. The van der Waals surface area contributed by atoms with Gasteiger partial charge < -0.3 is 4.57 Å². The summed E-state index contributed by atoms with van der Waals surface area (Å²) in [6, 6.07) is 12.9. The van der Waals surface area contributed by atoms with Crippen molar-refractivity contribution in [3.63, 3.8) is 0 Å². The van der Waals surface area contributed by atoms with Gasteiger partial charge in [0.05, 0.1) is 16.4 Å². The van der Waals surface area contributed by atoms with E-state index in [1.807, 2.05) is 30.3 Å². The molecule has 3 rings (SSSR count). The Balaban J connectivity index is 1.82. The lowest BCUT2D eigenvalue weighted by atomic mass is 10.3. The van der Waals surface area contributed by atoms with Crippen LogP contribution in [-0.2, 0) is 16.6 Å². The largest absolute Gasteiger partial charge is 0.303 e. The van der Waals surface area contributed by atoms with Gasteiger partial charge in [-0.3, -0.25) is 10.1 Å². The van der Waals surface area contributed by atoms with Gasteiger partial charge in [0.1, 0.15) is 5.82 Å². The number of para-hydroxylation sites is 1. The van der Waals surface area contributed by atoms with Crippen molar-refractivity contribution in [3.05, 3.63) is 81.3 Å². The average Bonchev–Trinajstić information content (AvgIpc) is 3.09. The summed E-state index contributed by atoms with van der Waals surface area (Å²) in [6.45, 7) is -0.0341. The van der Waals surface area contributed by atoms with E-state index < -0.39 is 14.9 Å². The zero-order valence-corrected chi connectivity index (χ0v) is 15.6. The van der Waals surface area contributed by atoms with Crippen molar-refractivity contribution in [2.45, 2.75) is 11.4 Å². The van der Waals surface area contributed by atoms with E-state index in [-0.39, 0.29) is 21.6 Å². The fourth-order valence-electron chi connectivity index (χ4n) is 2.35. The number of benzene rings is 2. The molecule has 0 bridgehead atoms. The summed E-state index contributed by atoms with van der Waals surface area (Å²) in [4.78, 5) is 14.3. The van der Waals surface area contributed by atoms with Crippen LogP contribution in [0.15, 0.2) is 70.3 Å². The fourth-order valence-corrected chi connectivity index (χ4v) is 4.39. The summed E-state index contributed by atoms with van der Waals surface area (Å²) < 4.78 is 29.4. The minimum absolute atomic E-state index is 0.0341. The van der Waals surface area contributed by atoms with Crippen LogP contribution in [-0.4, -0.2) is 22.9 Å². The third kappa shape index (κ3) is 3.82. The van der Waals surface area contributed by atoms with Crippen LogP contribution < -0.4 is 4.72 Å². The lowest BCUT2D eigenvalue weighted by Gasteiger charge is -2.10. The van der Waals surface area contributed by atoms with Crippen molar-refractivity contribution in [1.82, 2.24) is 14.3 Å². The molecule has 0 aliphatic rings. The van der Waals surface area contributed by atoms with Gasteiger partial charge in [-0.2, -0.15) is 0 Å². The molecule has 3 aromatic rings. The molecule has 0 aliphatic carbocycles. The molecule has 8 nitrogen and oxygen atoms in total. The molecular formula is C16H13BrN4O4S. The predicted molar refractivity (Wildman–Crippen MR) is 98.4 cm³/mol. The molecule has 0 unspecified atom stereocenters. The first kappa shape index (κ1) is 18.2. The normalized spacial score (nSPS) is 11.4. The number of nitrogens with zero attached hydrogens (tertiary/aromatic N) is 3. The topological polar surface area (TPSA) is 107 Å². The van der Waals surface area contributed by atoms with Gasteiger partial charge >= 0.3 is 0 Å². The first-order valence-electron chi connectivity index (χ1n) is 7.40. The smallest absolute Gasteiger partial charge is 0.270 e. The molecular weight excluding hydrogens is 424 g/mol. The number of hydrogen-bond donors (Lipinski definition) is 1. The van der Waals surface area contributed by atoms with E-state index in [1.165, 1.54) is 6.07 Å². The zero-order chi connectivity index (χ0) is 18.7. The Morgan fingerprint density at radius 1 is 1.19 bits per heavy atom. The van der Waals surface area contributed by atoms with Crippen LogP contribution in [0.4, 0.5) is 5.69 Å². The minimum atomic E-state index is -3.88. The van der Waals surface area contributed by atoms with Crippen molar-refractivity contribution in [1.29, 1.82) is 0 Å². The highest BCUT2D eigenvalue weighted by Crippen LogP contribution is 2.26. The number of imidazole rings is 1. The number of sulfonamides is 1. The van der Waals surface area contributed by atoms with Crippen LogP contribution in [0.1, 0.15) is 5.82 Å². The van der Waals surface area contributed by atoms with Gasteiger partial charge in [-0.1, -0.05) is 18.2 Å². The van der Waals surface area contributed by atoms with E-state index in [0.717, 1.165) is 17.8 Å². The lowest BCUT2D eigenvalue weighted by molar-refractivity contribution is -0.385. The molecule has 1 aromatic heterocycles. The molecule has 0 aliphatic heterocycles. The minimum Gasteiger partial charge on any atom is -0.303 e. The maximum Gasteiger partial charge on any atom is 0.270 e. The second-order valence-corrected chi connectivity index (χ2v) is 7.84. The Bertz CT molecular complexity index is 1050. The maximum atomic E-state index is 12.5. The molecule has 0 atom stereocenters. The van der Waals surface area contributed by atoms with Gasteiger partial charge in [-0.05, 0) is 34.1 Å². The number of aromatic nitrogens is 2. The monoisotopic (exact) mass is 436 g/mol. The van der Waals surface area contributed by atoms with Gasteiger partial charge in [0.2, 0.25) is 10.0 Å². The fraction of sp³-hybridized carbons (Fsp3) is 0.0625. The van der Waals surface area contributed by atoms with Crippen LogP contribution in [0, 0.1) is 10.1 Å². The van der Waals surface area contributed by atoms with Crippen molar-refractivity contribution >= 4 is 31.6 Å². The predicted octanol–water partition coefficient (Wildman–Crippen LogP) is 3.02. The van der Waals surface area contributed by atoms with Crippen molar-refractivity contribution in [2.75, 3.05) is 0 Å². The molecule has 10 heteroatoms. The molecule has 2 aromatic carbocycles. The van der Waals surface area contributed by atoms with Gasteiger partial charge in [-0.15, -0.1) is 0 Å². The van der Waals surface area contributed by atoms with E-state index in [4.69, 9.17) is 0 Å². The Morgan fingerprint density at radius 2 is 1.92 bits per heavy atom. The first-order valence-corrected chi connectivity index (χ1v) is 9.67. The lowest BCUT2D eigenvalue weighted by Crippen LogP contribution is -2.25. The summed E-state index contributed by atoms with van der Waals surface area (Å²) >= 11 is 3.08. The Kier molecular flexibility index (Phi) is 5.16. The molecule has 0 amide bonds. The quantitative estimate of drug-likeness (QED) is 0.471. The molecule has 0 radical (unpaired) electrons. The summed E-state index contributed by atoms with van der Waals surface area (Å²) in [7, 11) is -3.88. The highest BCUT2D eigenvalue weighted by Gasteiger charge is 2.21. The number of hydrogen-bond acceptors (Lipinski definition) is 5. The van der Waals surface area contributed by atoms with Crippen LogP contribution in [0.3, 0.4) is 0 Å². The SMILES string of the molecule is O=[N+]([O-])c1ccc(S(=O)(=O)NCc2nccn2-c2ccccc2)c(Br)c1. The summed E-state index contributed by atoms with van der Waals surface area (Å²) in [5, 5.41) is 10.8. The number of nitro benzene ring substituents is 1. The Labute approximate surface area is 157 Å². The van der Waals surface area contributed by atoms with Gasteiger partial charge in [0.15, 0.2) is 0 Å². The number of nitrogens with one attached hydrogen (secondary N) is 1. The van der Waals surface area contributed by atoms with Gasteiger partial charge in [0.25, 0.3) is 5.69 Å². The number of non-ortho nitro benzene ring substituents is 1. The summed E-state index contributed by atoms with van der Waals surface area (Å²) in [6.07, 6.45) is 3.32. The van der Waals surface area contributed by atoms with Gasteiger partial charge in [0, 0.05) is 34.7 Å². The van der Waals surface area contributed by atoms with Crippen LogP contribution in [0.25, 0.3) is 5.69 Å². The molecule has 26 heavy (non-hydrogen) atoms. The van der Waals surface area contributed by atoms with E-state index in [0.29, 0.717) is 5.82 Å². The second-order valence-electron chi connectivity index (χ2n) is 5.25. The van der Waals surface area contributed by atoms with Gasteiger partial charge in [-0.25, -0.2) is 18.1 Å². The molecule has 1 N–H and O–H groups in total. The van der Waals surface area contributed by atoms with E-state index in [1.54, 1.807) is 17.0 Å². The molecule has 0 saturated heterocycles. The van der Waals surface area contributed by atoms with E-state index in [9.17, 15) is 18.5 Å². The molecule has 134 valence electrons. The van der Waals surface area contributed by atoms with E-state index >= 15 is 0 Å². The molecule has 1 heterocycles. The highest BCUT2D eigenvalue weighted by molar-refractivity contribution is 9.10. The molecule has 0 spiro atoms. The van der Waals surface area contributed by atoms with E-state index in [2.05, 4.69) is 25.6 Å². The summed E-state index contributed by atoms with van der Waals surface area (Å²) in [5.41, 5.74) is 0.658. The first-order chi connectivity index (χ1) is 12.4. The second kappa shape index (κ2) is 7.36. The maximum absolute atomic E-state index is 12.5. The van der Waals surface area contributed by atoms with Crippen LogP contribution in [0.5, 0.6) is 0 Å². The Hall–Kier alpha value is -2.56. The molecule has 0 fully saturated rings. The highest BCUT2D eigenvalue weighted by atomic mass is 79.9.